The second-order valence-corrected chi connectivity index (χ2v) is 8.92. The first-order valence-electron chi connectivity index (χ1n) is 11.3. The summed E-state index contributed by atoms with van der Waals surface area (Å²) in [6.45, 7) is 9.04. The maximum atomic E-state index is 11.9. The fourth-order valence-corrected chi connectivity index (χ4v) is 6.55. The molecule has 6 atom stereocenters. The number of piperidine rings is 1. The van der Waals surface area contributed by atoms with Crippen molar-refractivity contribution in [2.75, 3.05) is 13.1 Å². The SMILES string of the molecule is CC.CC(C)=O.O=CN1C2=C(CCC(O)=C2)C23CCN4CCCC(C(O)C(O)C12)C43. The molecule has 3 fully saturated rings. The van der Waals surface area contributed by atoms with E-state index < -0.39 is 18.2 Å². The minimum absolute atomic E-state index is 0.0624. The predicted octanol–water partition coefficient (Wildman–Crippen LogP) is 2.14. The summed E-state index contributed by atoms with van der Waals surface area (Å²) in [5.74, 6) is 0.521. The molecule has 3 N–H and O–H groups in total. The van der Waals surface area contributed by atoms with Crippen molar-refractivity contribution in [1.82, 2.24) is 9.80 Å². The molecule has 5 rings (SSSR count). The Morgan fingerprint density at radius 2 is 1.80 bits per heavy atom. The van der Waals surface area contributed by atoms with Crippen LogP contribution < -0.4 is 0 Å². The molecular weight excluding hydrogens is 384 g/mol. The van der Waals surface area contributed by atoms with Crippen LogP contribution in [-0.2, 0) is 9.59 Å². The zero-order valence-corrected chi connectivity index (χ0v) is 18.5. The summed E-state index contributed by atoms with van der Waals surface area (Å²) in [6.07, 6.45) is 4.96. The van der Waals surface area contributed by atoms with E-state index in [-0.39, 0.29) is 23.2 Å². The third kappa shape index (κ3) is 3.31. The molecule has 1 saturated carbocycles. The van der Waals surface area contributed by atoms with Crippen molar-refractivity contribution in [3.8, 4) is 0 Å². The molecule has 168 valence electrons. The van der Waals surface area contributed by atoms with Gasteiger partial charge in [-0.1, -0.05) is 13.8 Å². The van der Waals surface area contributed by atoms with E-state index in [1.54, 1.807) is 11.0 Å². The van der Waals surface area contributed by atoms with Crippen LogP contribution in [0.1, 0.15) is 59.8 Å². The second kappa shape index (κ2) is 8.81. The number of hydrogen-bond acceptors (Lipinski definition) is 6. The first kappa shape index (κ1) is 23.0. The van der Waals surface area contributed by atoms with E-state index in [1.165, 1.54) is 19.4 Å². The maximum Gasteiger partial charge on any atom is 0.214 e. The van der Waals surface area contributed by atoms with Crippen molar-refractivity contribution in [1.29, 1.82) is 0 Å². The summed E-state index contributed by atoms with van der Waals surface area (Å²) in [6, 6.07) is -0.222. The van der Waals surface area contributed by atoms with Gasteiger partial charge in [-0.15, -0.1) is 0 Å². The van der Waals surface area contributed by atoms with E-state index in [9.17, 15) is 24.9 Å². The number of ketones is 1. The Hall–Kier alpha value is -1.70. The summed E-state index contributed by atoms with van der Waals surface area (Å²) >= 11 is 0. The van der Waals surface area contributed by atoms with Gasteiger partial charge >= 0.3 is 0 Å². The lowest BCUT2D eigenvalue weighted by atomic mass is 9.56. The van der Waals surface area contributed by atoms with Gasteiger partial charge in [-0.3, -0.25) is 9.69 Å². The fourth-order valence-electron chi connectivity index (χ4n) is 6.55. The molecule has 0 bridgehead atoms. The third-order valence-corrected chi connectivity index (χ3v) is 7.26. The standard InChI is InChI=1S/C18H24N2O4.C3H6O.C2H6/c21-9-20-13-8-10(22)3-4-12(13)18-5-7-19-6-1-2-11(16(18)19)14(23)15(24)17(18)20;1-3(2)4;1-2/h8-9,11,14-17,22-24H,1-7H2;1-2H3;1-2H3. The Morgan fingerprint density at radius 3 is 2.43 bits per heavy atom. The lowest BCUT2D eigenvalue weighted by Crippen LogP contribution is -2.68. The van der Waals surface area contributed by atoms with E-state index in [4.69, 9.17) is 0 Å². The van der Waals surface area contributed by atoms with Crippen molar-refractivity contribution in [2.45, 2.75) is 84.1 Å². The van der Waals surface area contributed by atoms with Gasteiger partial charge in [-0.25, -0.2) is 0 Å². The van der Waals surface area contributed by atoms with Crippen LogP contribution in [-0.4, -0.2) is 74.7 Å². The zero-order chi connectivity index (χ0) is 22.2. The average Bonchev–Trinajstić information content (AvgIpc) is 3.24. The summed E-state index contributed by atoms with van der Waals surface area (Å²) in [5.41, 5.74) is 1.71. The van der Waals surface area contributed by atoms with E-state index in [2.05, 4.69) is 4.90 Å². The number of Topliss-reactive ketones (excluding diaryl/α,β-unsaturated/α-hetero) is 1. The zero-order valence-electron chi connectivity index (χ0n) is 18.5. The Balaban J connectivity index is 0.000000385. The summed E-state index contributed by atoms with van der Waals surface area (Å²) in [4.78, 5) is 25.4. The van der Waals surface area contributed by atoms with Crippen LogP contribution in [0.3, 0.4) is 0 Å². The van der Waals surface area contributed by atoms with Gasteiger partial charge in [-0.05, 0) is 64.3 Å². The largest absolute Gasteiger partial charge is 0.512 e. The molecule has 3 heterocycles. The van der Waals surface area contributed by atoms with E-state index in [1.807, 2.05) is 13.8 Å². The van der Waals surface area contributed by atoms with E-state index in [0.29, 0.717) is 12.2 Å². The van der Waals surface area contributed by atoms with Crippen molar-refractivity contribution in [3.05, 3.63) is 23.1 Å². The highest BCUT2D eigenvalue weighted by atomic mass is 16.3. The molecule has 1 spiro atoms. The Morgan fingerprint density at radius 1 is 1.13 bits per heavy atom. The number of aliphatic hydroxyl groups is 3. The number of allylic oxidation sites excluding steroid dienone is 2. The lowest BCUT2D eigenvalue weighted by molar-refractivity contribution is -0.156. The number of nitrogens with zero attached hydrogens (tertiary/aromatic N) is 2. The number of carbonyl (C=O) groups excluding carboxylic acids is 2. The first-order chi connectivity index (χ1) is 14.3. The van der Waals surface area contributed by atoms with Gasteiger partial charge in [0.05, 0.1) is 17.9 Å². The molecule has 7 nitrogen and oxygen atoms in total. The van der Waals surface area contributed by atoms with Crippen LogP contribution in [0.15, 0.2) is 23.1 Å². The van der Waals surface area contributed by atoms with E-state index in [0.717, 1.165) is 50.9 Å². The topological polar surface area (TPSA) is 101 Å². The highest BCUT2D eigenvalue weighted by Gasteiger charge is 2.69. The van der Waals surface area contributed by atoms with Crippen LogP contribution >= 0.6 is 0 Å². The molecule has 3 aliphatic heterocycles. The van der Waals surface area contributed by atoms with Crippen LogP contribution in [0.5, 0.6) is 0 Å². The molecule has 0 aromatic carbocycles. The van der Waals surface area contributed by atoms with Gasteiger partial charge in [0.2, 0.25) is 6.41 Å². The van der Waals surface area contributed by atoms with Gasteiger partial charge < -0.3 is 25.0 Å². The number of hydrogen-bond donors (Lipinski definition) is 3. The van der Waals surface area contributed by atoms with E-state index >= 15 is 0 Å². The number of rotatable bonds is 1. The van der Waals surface area contributed by atoms with Gasteiger partial charge in [-0.2, -0.15) is 0 Å². The molecule has 1 amide bonds. The van der Waals surface area contributed by atoms with Crippen LogP contribution in [0.2, 0.25) is 0 Å². The molecule has 0 aromatic rings. The molecule has 7 heteroatoms. The van der Waals surface area contributed by atoms with Gasteiger partial charge in [0.25, 0.3) is 0 Å². The van der Waals surface area contributed by atoms with Crippen molar-refractivity contribution < 1.29 is 24.9 Å². The summed E-state index contributed by atoms with van der Waals surface area (Å²) < 4.78 is 0. The molecular formula is C23H36N2O5. The quantitative estimate of drug-likeness (QED) is 0.562. The average molecular weight is 421 g/mol. The monoisotopic (exact) mass is 420 g/mol. The normalized spacial score (nSPS) is 38.8. The maximum absolute atomic E-state index is 11.9. The number of carbonyl (C=O) groups is 2. The minimum Gasteiger partial charge on any atom is -0.512 e. The van der Waals surface area contributed by atoms with Crippen LogP contribution in [0, 0.1) is 11.3 Å². The predicted molar refractivity (Wildman–Crippen MR) is 114 cm³/mol. The molecule has 6 unspecified atom stereocenters. The molecule has 0 aromatic heterocycles. The van der Waals surface area contributed by atoms with Crippen molar-refractivity contribution in [2.24, 2.45) is 11.3 Å². The smallest absolute Gasteiger partial charge is 0.214 e. The highest BCUT2D eigenvalue weighted by Crippen LogP contribution is 2.63. The molecule has 2 saturated heterocycles. The molecule has 30 heavy (non-hydrogen) atoms. The van der Waals surface area contributed by atoms with Gasteiger partial charge in [0.15, 0.2) is 0 Å². The molecule has 2 aliphatic carbocycles. The molecule has 5 aliphatic rings. The number of aliphatic hydroxyl groups excluding tert-OH is 3. The van der Waals surface area contributed by atoms with Gasteiger partial charge in [0.1, 0.15) is 11.9 Å². The van der Waals surface area contributed by atoms with Gasteiger partial charge in [0, 0.05) is 29.5 Å². The van der Waals surface area contributed by atoms with Crippen molar-refractivity contribution in [3.63, 3.8) is 0 Å². The summed E-state index contributed by atoms with van der Waals surface area (Å²) in [7, 11) is 0. The minimum atomic E-state index is -0.935. The Labute approximate surface area is 179 Å². The van der Waals surface area contributed by atoms with Crippen LogP contribution in [0.25, 0.3) is 0 Å². The van der Waals surface area contributed by atoms with Crippen LogP contribution in [0.4, 0.5) is 0 Å². The lowest BCUT2D eigenvalue weighted by Gasteiger charge is -2.56. The Bertz CT molecular complexity index is 744. The Kier molecular flexibility index (Phi) is 6.75. The van der Waals surface area contributed by atoms with Crippen molar-refractivity contribution >= 4 is 12.2 Å². The highest BCUT2D eigenvalue weighted by molar-refractivity contribution is 5.72. The fraction of sp³-hybridized carbons (Fsp3) is 0.739. The first-order valence-corrected chi connectivity index (χ1v) is 11.3. The second-order valence-electron chi connectivity index (χ2n) is 8.92. The molecule has 0 radical (unpaired) electrons. The number of amides is 1. The summed E-state index contributed by atoms with van der Waals surface area (Å²) in [5, 5.41) is 31.7. The third-order valence-electron chi connectivity index (χ3n) is 7.26.